The Labute approximate surface area is 107 Å². The van der Waals surface area contributed by atoms with Crippen LogP contribution in [0.4, 0.5) is 0 Å². The highest BCUT2D eigenvalue weighted by atomic mass is 16.5. The maximum absolute atomic E-state index is 5.65. The van der Waals surface area contributed by atoms with Crippen molar-refractivity contribution in [1.29, 1.82) is 0 Å². The summed E-state index contributed by atoms with van der Waals surface area (Å²) in [6.45, 7) is 2.01. The molecule has 1 atom stereocenters. The minimum atomic E-state index is -0.130. The summed E-state index contributed by atoms with van der Waals surface area (Å²) in [4.78, 5) is 4.32. The summed E-state index contributed by atoms with van der Waals surface area (Å²) in [5, 5.41) is 0. The van der Waals surface area contributed by atoms with Gasteiger partial charge in [-0.1, -0.05) is 12.1 Å². The van der Waals surface area contributed by atoms with Crippen molar-refractivity contribution in [3.63, 3.8) is 0 Å². The smallest absolute Gasteiger partial charge is 0.131 e. The summed E-state index contributed by atoms with van der Waals surface area (Å²) in [7, 11) is 3.61. The third-order valence-electron chi connectivity index (χ3n) is 3.04. The van der Waals surface area contributed by atoms with Gasteiger partial charge in [0.1, 0.15) is 17.6 Å². The molecular formula is C13H18N4O. The molecule has 2 rings (SSSR count). The molecule has 0 spiro atoms. The van der Waals surface area contributed by atoms with Gasteiger partial charge in [0.2, 0.25) is 0 Å². The van der Waals surface area contributed by atoms with Crippen molar-refractivity contribution in [2.24, 2.45) is 12.9 Å². The van der Waals surface area contributed by atoms with E-state index >= 15 is 0 Å². The topological polar surface area (TPSA) is 65.1 Å². The predicted molar refractivity (Wildman–Crippen MR) is 70.1 cm³/mol. The summed E-state index contributed by atoms with van der Waals surface area (Å²) in [5.41, 5.74) is 4.94. The highest BCUT2D eigenvalue weighted by Crippen LogP contribution is 2.25. The second-order valence-electron chi connectivity index (χ2n) is 4.23. The molecule has 1 unspecified atom stereocenters. The Kier molecular flexibility index (Phi) is 3.64. The van der Waals surface area contributed by atoms with E-state index in [1.54, 1.807) is 13.3 Å². The summed E-state index contributed by atoms with van der Waals surface area (Å²) < 4.78 is 7.20. The van der Waals surface area contributed by atoms with Gasteiger partial charge in [0.25, 0.3) is 0 Å². The van der Waals surface area contributed by atoms with Gasteiger partial charge in [-0.3, -0.25) is 5.84 Å². The van der Waals surface area contributed by atoms with Crippen LogP contribution in [0.2, 0.25) is 0 Å². The number of hydrogen-bond donors (Lipinski definition) is 2. The van der Waals surface area contributed by atoms with Gasteiger partial charge in [0.15, 0.2) is 0 Å². The number of aromatic nitrogens is 2. The summed E-state index contributed by atoms with van der Waals surface area (Å²) in [5.74, 6) is 7.40. The standard InChI is InChI=1S/C13H18N4O/c1-9-8-10(4-5-11(9)18-3)12(16-14)13-15-6-7-17(13)2/h4-8,12,16H,14H2,1-3H3. The van der Waals surface area contributed by atoms with Crippen LogP contribution >= 0.6 is 0 Å². The predicted octanol–water partition coefficient (Wildman–Crippen LogP) is 1.29. The summed E-state index contributed by atoms with van der Waals surface area (Å²) in [6.07, 6.45) is 3.66. The van der Waals surface area contributed by atoms with Crippen LogP contribution in [0, 0.1) is 6.92 Å². The Morgan fingerprint density at radius 2 is 2.22 bits per heavy atom. The molecule has 5 heteroatoms. The summed E-state index contributed by atoms with van der Waals surface area (Å²) in [6, 6.07) is 5.86. The molecule has 3 N–H and O–H groups in total. The maximum atomic E-state index is 5.65. The molecular weight excluding hydrogens is 228 g/mol. The average Bonchev–Trinajstić information content (AvgIpc) is 2.77. The monoisotopic (exact) mass is 246 g/mol. The first-order valence-electron chi connectivity index (χ1n) is 5.75. The SMILES string of the molecule is COc1ccc(C(NN)c2nccn2C)cc1C. The Morgan fingerprint density at radius 3 is 2.72 bits per heavy atom. The molecule has 0 radical (unpaired) electrons. The first-order chi connectivity index (χ1) is 8.67. The number of imidazole rings is 1. The average molecular weight is 246 g/mol. The van der Waals surface area contributed by atoms with Crippen molar-refractivity contribution in [2.75, 3.05) is 7.11 Å². The molecule has 0 bridgehead atoms. The number of aryl methyl sites for hydroxylation is 2. The second-order valence-corrected chi connectivity index (χ2v) is 4.23. The van der Waals surface area contributed by atoms with Crippen LogP contribution in [0.3, 0.4) is 0 Å². The van der Waals surface area contributed by atoms with Gasteiger partial charge >= 0.3 is 0 Å². The van der Waals surface area contributed by atoms with Gasteiger partial charge in [-0.15, -0.1) is 0 Å². The molecule has 0 saturated heterocycles. The number of nitrogens with two attached hydrogens (primary N) is 1. The molecule has 0 amide bonds. The molecule has 1 aromatic carbocycles. The zero-order valence-electron chi connectivity index (χ0n) is 10.8. The fraction of sp³-hybridized carbons (Fsp3) is 0.308. The van der Waals surface area contributed by atoms with Crippen LogP contribution in [-0.2, 0) is 7.05 Å². The van der Waals surface area contributed by atoms with Crippen molar-refractivity contribution < 1.29 is 4.74 Å². The van der Waals surface area contributed by atoms with Gasteiger partial charge in [-0.2, -0.15) is 0 Å². The van der Waals surface area contributed by atoms with Gasteiger partial charge in [-0.05, 0) is 24.1 Å². The number of methoxy groups -OCH3 is 1. The number of ether oxygens (including phenoxy) is 1. The quantitative estimate of drug-likeness (QED) is 0.630. The Morgan fingerprint density at radius 1 is 1.44 bits per heavy atom. The zero-order chi connectivity index (χ0) is 13.1. The van der Waals surface area contributed by atoms with E-state index in [4.69, 9.17) is 10.6 Å². The van der Waals surface area contributed by atoms with Crippen molar-refractivity contribution in [3.05, 3.63) is 47.5 Å². The van der Waals surface area contributed by atoms with Crippen LogP contribution in [-0.4, -0.2) is 16.7 Å². The lowest BCUT2D eigenvalue weighted by Gasteiger charge is -2.17. The number of hydrazine groups is 1. The molecule has 2 aromatic rings. The van der Waals surface area contributed by atoms with Crippen molar-refractivity contribution in [3.8, 4) is 5.75 Å². The van der Waals surface area contributed by atoms with Gasteiger partial charge in [-0.25, -0.2) is 10.4 Å². The molecule has 0 aliphatic carbocycles. The fourth-order valence-corrected chi connectivity index (χ4v) is 2.06. The van der Waals surface area contributed by atoms with E-state index in [0.29, 0.717) is 0 Å². The fourth-order valence-electron chi connectivity index (χ4n) is 2.06. The first kappa shape index (κ1) is 12.6. The molecule has 1 heterocycles. The number of rotatable bonds is 4. The van der Waals surface area contributed by atoms with E-state index < -0.39 is 0 Å². The number of hydrogen-bond acceptors (Lipinski definition) is 4. The van der Waals surface area contributed by atoms with Gasteiger partial charge in [0, 0.05) is 19.4 Å². The lowest BCUT2D eigenvalue weighted by atomic mass is 10.0. The van der Waals surface area contributed by atoms with Gasteiger partial charge in [0.05, 0.1) is 7.11 Å². The Bertz CT molecular complexity index is 536. The van der Waals surface area contributed by atoms with E-state index in [0.717, 1.165) is 22.7 Å². The van der Waals surface area contributed by atoms with E-state index in [-0.39, 0.29) is 6.04 Å². The van der Waals surface area contributed by atoms with Crippen molar-refractivity contribution >= 4 is 0 Å². The van der Waals surface area contributed by atoms with Crippen LogP contribution in [0.25, 0.3) is 0 Å². The molecule has 18 heavy (non-hydrogen) atoms. The van der Waals surface area contributed by atoms with Gasteiger partial charge < -0.3 is 9.30 Å². The highest BCUT2D eigenvalue weighted by molar-refractivity contribution is 5.39. The summed E-state index contributed by atoms with van der Waals surface area (Å²) >= 11 is 0. The lowest BCUT2D eigenvalue weighted by Crippen LogP contribution is -2.30. The largest absolute Gasteiger partial charge is 0.496 e. The molecule has 1 aromatic heterocycles. The van der Waals surface area contributed by atoms with Crippen molar-refractivity contribution in [2.45, 2.75) is 13.0 Å². The third kappa shape index (κ3) is 2.23. The maximum Gasteiger partial charge on any atom is 0.131 e. The molecule has 0 saturated carbocycles. The normalized spacial score (nSPS) is 12.4. The first-order valence-corrected chi connectivity index (χ1v) is 5.75. The third-order valence-corrected chi connectivity index (χ3v) is 3.04. The molecule has 96 valence electrons. The minimum absolute atomic E-state index is 0.130. The van der Waals surface area contributed by atoms with E-state index in [1.165, 1.54) is 0 Å². The molecule has 0 fully saturated rings. The molecule has 0 aliphatic rings. The van der Waals surface area contributed by atoms with E-state index in [9.17, 15) is 0 Å². The van der Waals surface area contributed by atoms with Crippen LogP contribution < -0.4 is 16.0 Å². The second kappa shape index (κ2) is 5.20. The number of nitrogens with one attached hydrogen (secondary N) is 1. The number of nitrogens with zero attached hydrogens (tertiary/aromatic N) is 2. The minimum Gasteiger partial charge on any atom is -0.496 e. The van der Waals surface area contributed by atoms with E-state index in [1.807, 2.05) is 36.9 Å². The molecule has 5 nitrogen and oxygen atoms in total. The Balaban J connectivity index is 2.40. The van der Waals surface area contributed by atoms with Crippen molar-refractivity contribution in [1.82, 2.24) is 15.0 Å². The van der Waals surface area contributed by atoms with Crippen LogP contribution in [0.15, 0.2) is 30.6 Å². The van der Waals surface area contributed by atoms with E-state index in [2.05, 4.69) is 16.5 Å². The zero-order valence-corrected chi connectivity index (χ0v) is 10.8. The Hall–Kier alpha value is -1.85. The lowest BCUT2D eigenvalue weighted by molar-refractivity contribution is 0.411. The molecule has 0 aliphatic heterocycles. The van der Waals surface area contributed by atoms with Crippen LogP contribution in [0.1, 0.15) is 23.0 Å². The highest BCUT2D eigenvalue weighted by Gasteiger charge is 2.17. The number of benzene rings is 1. The van der Waals surface area contributed by atoms with Crippen LogP contribution in [0.5, 0.6) is 5.75 Å².